The molecule has 1 spiro atoms. The minimum Gasteiger partial charge on any atom is -0.399 e. The number of fused-ring (bicyclic) bond motifs is 6. The number of anilines is 1. The van der Waals surface area contributed by atoms with Crippen LogP contribution in [0.3, 0.4) is 0 Å². The van der Waals surface area contributed by atoms with E-state index in [-0.39, 0.29) is 0 Å². The van der Waals surface area contributed by atoms with Crippen LogP contribution < -0.4 is 5.73 Å². The lowest BCUT2D eigenvalue weighted by atomic mass is 9.63. The summed E-state index contributed by atoms with van der Waals surface area (Å²) in [6, 6.07) is 11.2. The van der Waals surface area contributed by atoms with Crippen molar-refractivity contribution in [1.29, 1.82) is 0 Å². The third-order valence-corrected chi connectivity index (χ3v) is 6.20. The molecule has 1 fully saturated rings. The first-order valence-electron chi connectivity index (χ1n) is 8.26. The summed E-state index contributed by atoms with van der Waals surface area (Å²) in [4.78, 5) is 0. The van der Waals surface area contributed by atoms with Crippen LogP contribution in [-0.4, -0.2) is 0 Å². The molecule has 3 aliphatic carbocycles. The maximum absolute atomic E-state index is 5.99. The number of hydrogen-bond acceptors (Lipinski definition) is 1. The molecule has 3 atom stereocenters. The second-order valence-electron chi connectivity index (χ2n) is 7.32. The summed E-state index contributed by atoms with van der Waals surface area (Å²) >= 11 is 0. The van der Waals surface area contributed by atoms with Gasteiger partial charge in [0.1, 0.15) is 0 Å². The number of aryl methyl sites for hydroxylation is 1. The lowest BCUT2D eigenvalue weighted by Gasteiger charge is -2.41. The molecule has 1 heteroatoms. The van der Waals surface area contributed by atoms with Crippen LogP contribution in [0.1, 0.15) is 36.8 Å². The molecular weight excluding hydrogens is 254 g/mol. The minimum atomic E-state index is 0.436. The SMILES string of the molecule is Nc1ccc2cc3c(cc2c1)C1(CCC3)CC2C=CC1C2. The summed E-state index contributed by atoms with van der Waals surface area (Å²) in [5.41, 5.74) is 10.5. The summed E-state index contributed by atoms with van der Waals surface area (Å²) in [5, 5.41) is 2.67. The summed E-state index contributed by atoms with van der Waals surface area (Å²) in [6.07, 6.45) is 11.7. The van der Waals surface area contributed by atoms with Gasteiger partial charge in [0.05, 0.1) is 0 Å². The van der Waals surface area contributed by atoms with Crippen LogP contribution in [0.4, 0.5) is 5.69 Å². The van der Waals surface area contributed by atoms with Crippen LogP contribution in [0.25, 0.3) is 10.8 Å². The fraction of sp³-hybridized carbons (Fsp3) is 0.400. The van der Waals surface area contributed by atoms with Gasteiger partial charge < -0.3 is 5.73 Å². The highest BCUT2D eigenvalue weighted by Gasteiger charge is 2.50. The first-order valence-corrected chi connectivity index (χ1v) is 8.26. The standard InChI is InChI=1S/C20H21N/c21-18-6-4-14-9-15-2-1-7-20(19(15)11-16(14)10-18)12-13-3-5-17(20)8-13/h3-6,9-11,13,17H,1-2,7-8,12,21H2. The molecule has 0 aliphatic heterocycles. The first-order chi connectivity index (χ1) is 10.2. The highest BCUT2D eigenvalue weighted by atomic mass is 14.6. The third-order valence-electron chi connectivity index (χ3n) is 6.20. The first kappa shape index (κ1) is 11.9. The lowest BCUT2D eigenvalue weighted by molar-refractivity contribution is 0.304. The van der Waals surface area contributed by atoms with E-state index in [0.29, 0.717) is 5.41 Å². The lowest BCUT2D eigenvalue weighted by Crippen LogP contribution is -2.34. The summed E-state index contributed by atoms with van der Waals surface area (Å²) in [7, 11) is 0. The van der Waals surface area contributed by atoms with E-state index >= 15 is 0 Å². The van der Waals surface area contributed by atoms with Crippen LogP contribution in [0.2, 0.25) is 0 Å². The zero-order chi connectivity index (χ0) is 14.0. The normalized spacial score (nSPS) is 33.0. The molecule has 3 aliphatic rings. The van der Waals surface area contributed by atoms with Gasteiger partial charge in [0.15, 0.2) is 0 Å². The van der Waals surface area contributed by atoms with Gasteiger partial charge in [-0.1, -0.05) is 30.4 Å². The maximum Gasteiger partial charge on any atom is 0.0320 e. The Morgan fingerprint density at radius 2 is 2.00 bits per heavy atom. The molecule has 0 amide bonds. The second kappa shape index (κ2) is 3.91. The van der Waals surface area contributed by atoms with Gasteiger partial charge in [-0.15, -0.1) is 0 Å². The topological polar surface area (TPSA) is 26.0 Å². The van der Waals surface area contributed by atoms with E-state index in [9.17, 15) is 0 Å². The van der Waals surface area contributed by atoms with Crippen molar-refractivity contribution in [2.75, 3.05) is 5.73 Å². The molecule has 2 N–H and O–H groups in total. The fourth-order valence-electron chi connectivity index (χ4n) is 5.31. The van der Waals surface area contributed by atoms with Crippen molar-refractivity contribution < 1.29 is 0 Å². The number of benzene rings is 2. The van der Waals surface area contributed by atoms with Gasteiger partial charge in [-0.05, 0) is 78.0 Å². The molecule has 5 rings (SSSR count). The average Bonchev–Trinajstić information content (AvgIpc) is 3.07. The average molecular weight is 275 g/mol. The predicted octanol–water partition coefficient (Wildman–Crippen LogP) is 4.59. The molecule has 0 saturated heterocycles. The zero-order valence-electron chi connectivity index (χ0n) is 12.3. The molecule has 0 aromatic heterocycles. The van der Waals surface area contributed by atoms with E-state index in [1.165, 1.54) is 42.9 Å². The van der Waals surface area contributed by atoms with E-state index in [1.54, 1.807) is 11.1 Å². The Hall–Kier alpha value is -1.76. The van der Waals surface area contributed by atoms with Gasteiger partial charge in [-0.2, -0.15) is 0 Å². The Morgan fingerprint density at radius 1 is 1.05 bits per heavy atom. The van der Waals surface area contributed by atoms with Crippen LogP contribution >= 0.6 is 0 Å². The highest BCUT2D eigenvalue weighted by molar-refractivity contribution is 5.87. The van der Waals surface area contributed by atoms with Crippen LogP contribution in [-0.2, 0) is 11.8 Å². The van der Waals surface area contributed by atoms with Crippen molar-refractivity contribution in [3.05, 3.63) is 53.6 Å². The number of nitrogens with two attached hydrogens (primary N) is 1. The van der Waals surface area contributed by atoms with Gasteiger partial charge in [0.2, 0.25) is 0 Å². The van der Waals surface area contributed by atoms with Gasteiger partial charge in [0.25, 0.3) is 0 Å². The second-order valence-corrected chi connectivity index (χ2v) is 7.32. The molecule has 0 heterocycles. The molecule has 21 heavy (non-hydrogen) atoms. The van der Waals surface area contributed by atoms with Gasteiger partial charge >= 0.3 is 0 Å². The van der Waals surface area contributed by atoms with Crippen molar-refractivity contribution in [3.63, 3.8) is 0 Å². The number of rotatable bonds is 0. The zero-order valence-corrected chi connectivity index (χ0v) is 12.3. The Morgan fingerprint density at radius 3 is 2.81 bits per heavy atom. The Labute approximate surface area is 125 Å². The monoisotopic (exact) mass is 275 g/mol. The van der Waals surface area contributed by atoms with Crippen molar-refractivity contribution >= 4 is 16.5 Å². The Kier molecular flexibility index (Phi) is 2.21. The van der Waals surface area contributed by atoms with Gasteiger partial charge in [0, 0.05) is 11.1 Å². The van der Waals surface area contributed by atoms with Gasteiger partial charge in [-0.25, -0.2) is 0 Å². The van der Waals surface area contributed by atoms with E-state index in [1.807, 2.05) is 6.07 Å². The van der Waals surface area contributed by atoms with E-state index < -0.39 is 0 Å². The summed E-state index contributed by atoms with van der Waals surface area (Å²) in [5.74, 6) is 1.61. The smallest absolute Gasteiger partial charge is 0.0320 e. The minimum absolute atomic E-state index is 0.436. The van der Waals surface area contributed by atoms with Gasteiger partial charge in [-0.3, -0.25) is 0 Å². The Balaban J connectivity index is 1.76. The molecular formula is C20H21N. The largest absolute Gasteiger partial charge is 0.399 e. The van der Waals surface area contributed by atoms with E-state index in [4.69, 9.17) is 5.73 Å². The molecule has 2 aromatic carbocycles. The van der Waals surface area contributed by atoms with Crippen LogP contribution in [0, 0.1) is 11.8 Å². The molecule has 3 unspecified atom stereocenters. The molecule has 2 aromatic rings. The summed E-state index contributed by atoms with van der Waals surface area (Å²) in [6.45, 7) is 0. The molecule has 2 bridgehead atoms. The quantitative estimate of drug-likeness (QED) is 0.552. The van der Waals surface area contributed by atoms with E-state index in [2.05, 4.69) is 36.4 Å². The number of nitrogen functional groups attached to an aromatic ring is 1. The van der Waals surface area contributed by atoms with Crippen molar-refractivity contribution in [1.82, 2.24) is 0 Å². The maximum atomic E-state index is 5.99. The molecule has 1 nitrogen and oxygen atoms in total. The highest BCUT2D eigenvalue weighted by Crippen LogP contribution is 2.58. The summed E-state index contributed by atoms with van der Waals surface area (Å²) < 4.78 is 0. The van der Waals surface area contributed by atoms with Crippen LogP contribution in [0.15, 0.2) is 42.5 Å². The van der Waals surface area contributed by atoms with Crippen molar-refractivity contribution in [2.24, 2.45) is 11.8 Å². The number of allylic oxidation sites excluding steroid dienone is 2. The van der Waals surface area contributed by atoms with Crippen molar-refractivity contribution in [3.8, 4) is 0 Å². The molecule has 0 radical (unpaired) electrons. The third kappa shape index (κ3) is 1.52. The Bertz CT molecular complexity index is 773. The molecule has 1 saturated carbocycles. The fourth-order valence-corrected chi connectivity index (χ4v) is 5.31. The number of hydrogen-bond donors (Lipinski definition) is 1. The van der Waals surface area contributed by atoms with E-state index in [0.717, 1.165) is 17.5 Å². The van der Waals surface area contributed by atoms with Crippen LogP contribution in [0.5, 0.6) is 0 Å². The predicted molar refractivity (Wildman–Crippen MR) is 88.3 cm³/mol. The molecule has 106 valence electrons. The van der Waals surface area contributed by atoms with Crippen molar-refractivity contribution in [2.45, 2.75) is 37.5 Å².